The summed E-state index contributed by atoms with van der Waals surface area (Å²) in [7, 11) is 0. The van der Waals surface area contributed by atoms with Gasteiger partial charge in [-0.2, -0.15) is 5.10 Å². The molecule has 0 fully saturated rings. The number of ether oxygens (including phenoxy) is 1. The van der Waals surface area contributed by atoms with Crippen molar-refractivity contribution < 1.29 is 19.1 Å². The molecule has 0 aliphatic heterocycles. The molecule has 2 heterocycles. The Bertz CT molecular complexity index is 1190. The van der Waals surface area contributed by atoms with Gasteiger partial charge in [-0.15, -0.1) is 0 Å². The van der Waals surface area contributed by atoms with Crippen LogP contribution in [0.2, 0.25) is 0 Å². The van der Waals surface area contributed by atoms with Gasteiger partial charge in [0.2, 0.25) is 0 Å². The fourth-order valence-electron chi connectivity index (χ4n) is 3.51. The van der Waals surface area contributed by atoms with Gasteiger partial charge in [0.25, 0.3) is 11.8 Å². The van der Waals surface area contributed by atoms with Crippen LogP contribution in [0.4, 0.5) is 5.69 Å². The molecule has 0 atom stereocenters. The summed E-state index contributed by atoms with van der Waals surface area (Å²) in [5.41, 5.74) is 7.81. The SMILES string of the molecule is CCCOc1ccc(C(C)=O)cc1C(=O)Nc1c(C(N)=O)nn(Cc2ccccn2)c1CCC. The maximum Gasteiger partial charge on any atom is 0.271 e. The summed E-state index contributed by atoms with van der Waals surface area (Å²) in [6.07, 6.45) is 3.73. The minimum atomic E-state index is -0.757. The lowest BCUT2D eigenvalue weighted by molar-refractivity contribution is 0.0992. The van der Waals surface area contributed by atoms with E-state index in [4.69, 9.17) is 10.5 Å². The van der Waals surface area contributed by atoms with Crippen LogP contribution in [-0.2, 0) is 13.0 Å². The van der Waals surface area contributed by atoms with E-state index in [2.05, 4.69) is 15.4 Å². The van der Waals surface area contributed by atoms with Crippen LogP contribution >= 0.6 is 0 Å². The molecule has 0 bridgehead atoms. The fourth-order valence-corrected chi connectivity index (χ4v) is 3.51. The number of hydrogen-bond acceptors (Lipinski definition) is 6. The van der Waals surface area contributed by atoms with E-state index in [1.54, 1.807) is 23.0 Å². The summed E-state index contributed by atoms with van der Waals surface area (Å²) in [6.45, 7) is 6.10. The number of pyridine rings is 1. The van der Waals surface area contributed by atoms with Crippen molar-refractivity contribution in [2.24, 2.45) is 5.73 Å². The number of nitrogens with one attached hydrogen (secondary N) is 1. The van der Waals surface area contributed by atoms with Crippen LogP contribution in [0.3, 0.4) is 0 Å². The monoisotopic (exact) mass is 463 g/mol. The third-order valence-corrected chi connectivity index (χ3v) is 5.15. The molecule has 2 aromatic heterocycles. The van der Waals surface area contributed by atoms with Gasteiger partial charge in [-0.25, -0.2) is 0 Å². The highest BCUT2D eigenvalue weighted by molar-refractivity contribution is 6.11. The number of Topliss-reactive ketones (excluding diaryl/α,β-unsaturated/α-hetero) is 1. The standard InChI is InChI=1S/C25H29N5O4/c1-4-8-20-22(23(24(26)32)29-30(20)15-18-9-6-7-12-27-18)28-25(33)19-14-17(16(3)31)10-11-21(19)34-13-5-2/h6-7,9-12,14H,4-5,8,13,15H2,1-3H3,(H2,26,32)(H,28,33). The first kappa shape index (κ1) is 24.6. The van der Waals surface area contributed by atoms with E-state index in [0.29, 0.717) is 36.6 Å². The van der Waals surface area contributed by atoms with Crippen molar-refractivity contribution in [2.75, 3.05) is 11.9 Å². The highest BCUT2D eigenvalue weighted by Gasteiger charge is 2.25. The first-order valence-electron chi connectivity index (χ1n) is 11.2. The number of anilines is 1. The van der Waals surface area contributed by atoms with Gasteiger partial charge < -0.3 is 15.8 Å². The van der Waals surface area contributed by atoms with E-state index in [1.807, 2.05) is 32.0 Å². The molecule has 9 heteroatoms. The number of benzene rings is 1. The minimum Gasteiger partial charge on any atom is -0.493 e. The van der Waals surface area contributed by atoms with Crippen molar-refractivity contribution in [3.63, 3.8) is 0 Å². The minimum absolute atomic E-state index is 0.0357. The summed E-state index contributed by atoms with van der Waals surface area (Å²) in [5.74, 6) is -1.11. The zero-order valence-corrected chi connectivity index (χ0v) is 19.6. The number of amides is 2. The van der Waals surface area contributed by atoms with E-state index in [-0.39, 0.29) is 22.7 Å². The number of nitrogens with two attached hydrogens (primary N) is 1. The van der Waals surface area contributed by atoms with Gasteiger partial charge in [0, 0.05) is 11.8 Å². The van der Waals surface area contributed by atoms with Crippen LogP contribution in [0, 0.1) is 0 Å². The fraction of sp³-hybridized carbons (Fsp3) is 0.320. The van der Waals surface area contributed by atoms with E-state index in [9.17, 15) is 14.4 Å². The molecule has 0 saturated heterocycles. The van der Waals surface area contributed by atoms with Gasteiger partial charge in [-0.3, -0.25) is 24.0 Å². The second-order valence-electron chi connectivity index (χ2n) is 7.83. The Kier molecular flexibility index (Phi) is 8.13. The molecular formula is C25H29N5O4. The zero-order valence-electron chi connectivity index (χ0n) is 19.6. The smallest absolute Gasteiger partial charge is 0.271 e. The highest BCUT2D eigenvalue weighted by Crippen LogP contribution is 2.27. The van der Waals surface area contributed by atoms with Crippen LogP contribution in [0.25, 0.3) is 0 Å². The maximum atomic E-state index is 13.4. The molecule has 0 aliphatic carbocycles. The average Bonchev–Trinajstić information content (AvgIpc) is 3.15. The summed E-state index contributed by atoms with van der Waals surface area (Å²) < 4.78 is 7.37. The van der Waals surface area contributed by atoms with Gasteiger partial charge in [-0.1, -0.05) is 26.3 Å². The van der Waals surface area contributed by atoms with Gasteiger partial charge in [0.05, 0.1) is 35.8 Å². The van der Waals surface area contributed by atoms with E-state index in [1.165, 1.54) is 13.0 Å². The zero-order chi connectivity index (χ0) is 24.7. The van der Waals surface area contributed by atoms with Gasteiger partial charge in [0.1, 0.15) is 5.75 Å². The van der Waals surface area contributed by atoms with Crippen LogP contribution in [-0.4, -0.2) is 39.0 Å². The second kappa shape index (κ2) is 11.2. The molecule has 0 spiro atoms. The first-order chi connectivity index (χ1) is 16.3. The van der Waals surface area contributed by atoms with Crippen LogP contribution in [0.15, 0.2) is 42.6 Å². The lowest BCUT2D eigenvalue weighted by atomic mass is 10.1. The summed E-state index contributed by atoms with van der Waals surface area (Å²) in [4.78, 5) is 41.8. The van der Waals surface area contributed by atoms with Gasteiger partial charge >= 0.3 is 0 Å². The topological polar surface area (TPSA) is 129 Å². The number of primary amides is 1. The largest absolute Gasteiger partial charge is 0.493 e. The Morgan fingerprint density at radius 2 is 1.91 bits per heavy atom. The lowest BCUT2D eigenvalue weighted by Gasteiger charge is -2.14. The molecule has 9 nitrogen and oxygen atoms in total. The number of carbonyl (C=O) groups is 3. The lowest BCUT2D eigenvalue weighted by Crippen LogP contribution is -2.19. The molecule has 3 aromatic rings. The molecule has 0 radical (unpaired) electrons. The molecular weight excluding hydrogens is 434 g/mol. The van der Waals surface area contributed by atoms with Crippen molar-refractivity contribution in [1.29, 1.82) is 0 Å². The molecule has 0 aliphatic rings. The molecule has 2 amide bonds. The molecule has 3 rings (SSSR count). The first-order valence-corrected chi connectivity index (χ1v) is 11.2. The molecule has 1 aromatic carbocycles. The van der Waals surface area contributed by atoms with Crippen LogP contribution in [0.1, 0.15) is 76.2 Å². The third-order valence-electron chi connectivity index (χ3n) is 5.15. The number of carbonyl (C=O) groups excluding carboxylic acids is 3. The number of ketones is 1. The summed E-state index contributed by atoms with van der Waals surface area (Å²) >= 11 is 0. The Labute approximate surface area is 198 Å². The van der Waals surface area contributed by atoms with Gasteiger partial charge in [-0.05, 0) is 50.1 Å². The predicted octanol–water partition coefficient (Wildman–Crippen LogP) is 3.62. The van der Waals surface area contributed by atoms with E-state index >= 15 is 0 Å². The van der Waals surface area contributed by atoms with Crippen molar-refractivity contribution >= 4 is 23.3 Å². The summed E-state index contributed by atoms with van der Waals surface area (Å²) in [6, 6.07) is 10.2. The number of nitrogens with zero attached hydrogens (tertiary/aromatic N) is 3. The molecule has 0 saturated carbocycles. The predicted molar refractivity (Wildman–Crippen MR) is 128 cm³/mol. The quantitative estimate of drug-likeness (QED) is 0.418. The number of hydrogen-bond donors (Lipinski definition) is 2. The highest BCUT2D eigenvalue weighted by atomic mass is 16.5. The van der Waals surface area contributed by atoms with Crippen molar-refractivity contribution in [1.82, 2.24) is 14.8 Å². The van der Waals surface area contributed by atoms with Crippen molar-refractivity contribution in [3.05, 3.63) is 70.8 Å². The number of rotatable bonds is 11. The van der Waals surface area contributed by atoms with Crippen molar-refractivity contribution in [3.8, 4) is 5.75 Å². The molecule has 3 N–H and O–H groups in total. The Hall–Kier alpha value is -4.01. The van der Waals surface area contributed by atoms with Crippen molar-refractivity contribution in [2.45, 2.75) is 46.6 Å². The molecule has 178 valence electrons. The number of aromatic nitrogens is 3. The Balaban J connectivity index is 2.04. The maximum absolute atomic E-state index is 13.4. The second-order valence-corrected chi connectivity index (χ2v) is 7.83. The third kappa shape index (κ3) is 5.67. The summed E-state index contributed by atoms with van der Waals surface area (Å²) in [5, 5.41) is 7.21. The average molecular weight is 464 g/mol. The van der Waals surface area contributed by atoms with E-state index < -0.39 is 11.8 Å². The normalized spacial score (nSPS) is 10.7. The molecule has 0 unspecified atom stereocenters. The van der Waals surface area contributed by atoms with Gasteiger partial charge in [0.15, 0.2) is 11.5 Å². The molecule has 34 heavy (non-hydrogen) atoms. The van der Waals surface area contributed by atoms with Crippen LogP contribution < -0.4 is 15.8 Å². The van der Waals surface area contributed by atoms with E-state index in [0.717, 1.165) is 18.5 Å². The Morgan fingerprint density at radius 1 is 1.12 bits per heavy atom. The van der Waals surface area contributed by atoms with Crippen LogP contribution in [0.5, 0.6) is 5.75 Å². The Morgan fingerprint density at radius 3 is 2.53 bits per heavy atom.